The molecule has 0 N–H and O–H groups in total. The van der Waals surface area contributed by atoms with E-state index in [0.29, 0.717) is 6.42 Å². The summed E-state index contributed by atoms with van der Waals surface area (Å²) in [6, 6.07) is 7.77. The molecule has 1 aromatic rings. The Hall–Kier alpha value is -1.77. The minimum Gasteiger partial charge on any atom is -0.497 e. The predicted molar refractivity (Wildman–Crippen MR) is 72.4 cm³/mol. The lowest BCUT2D eigenvalue weighted by atomic mass is 9.88. The molecule has 0 aliphatic carbocycles. The molecule has 0 amide bonds. The third-order valence-electron chi connectivity index (χ3n) is 2.67. The molecule has 3 nitrogen and oxygen atoms in total. The van der Waals surface area contributed by atoms with Crippen LogP contribution in [0.5, 0.6) is 5.75 Å². The summed E-state index contributed by atoms with van der Waals surface area (Å²) in [6.45, 7) is 4.01. The lowest BCUT2D eigenvalue weighted by molar-refractivity contribution is -0.142. The van der Waals surface area contributed by atoms with E-state index in [1.165, 1.54) is 7.11 Å². The Morgan fingerprint density at radius 2 is 1.83 bits per heavy atom. The zero-order valence-corrected chi connectivity index (χ0v) is 11.4. The molecule has 0 saturated carbocycles. The van der Waals surface area contributed by atoms with Crippen molar-refractivity contribution in [2.75, 3.05) is 14.2 Å². The maximum atomic E-state index is 11.2. The zero-order valence-electron chi connectivity index (χ0n) is 11.4. The van der Waals surface area contributed by atoms with Crippen LogP contribution in [0, 0.1) is 5.41 Å². The molecule has 0 unspecified atom stereocenters. The van der Waals surface area contributed by atoms with Gasteiger partial charge in [0.05, 0.1) is 20.6 Å². The van der Waals surface area contributed by atoms with Crippen molar-refractivity contribution in [1.82, 2.24) is 0 Å². The molecular weight excluding hydrogens is 228 g/mol. The van der Waals surface area contributed by atoms with Crippen molar-refractivity contribution in [2.45, 2.75) is 20.3 Å². The van der Waals surface area contributed by atoms with Gasteiger partial charge in [0.2, 0.25) is 0 Å². The molecule has 0 heterocycles. The highest BCUT2D eigenvalue weighted by Gasteiger charge is 2.18. The van der Waals surface area contributed by atoms with Crippen LogP contribution in [0.25, 0.3) is 6.08 Å². The van der Waals surface area contributed by atoms with Crippen molar-refractivity contribution in [2.24, 2.45) is 5.41 Å². The second-order valence-corrected chi connectivity index (χ2v) is 4.85. The van der Waals surface area contributed by atoms with Gasteiger partial charge in [0.25, 0.3) is 0 Å². The number of hydrogen-bond acceptors (Lipinski definition) is 3. The van der Waals surface area contributed by atoms with Gasteiger partial charge in [-0.25, -0.2) is 0 Å². The molecule has 0 saturated heterocycles. The first-order valence-electron chi connectivity index (χ1n) is 5.87. The predicted octanol–water partition coefficient (Wildman–Crippen LogP) is 3.30. The van der Waals surface area contributed by atoms with E-state index < -0.39 is 0 Å². The Morgan fingerprint density at radius 1 is 1.22 bits per heavy atom. The minimum absolute atomic E-state index is 0.195. The third kappa shape index (κ3) is 4.62. The van der Waals surface area contributed by atoms with Gasteiger partial charge in [-0.1, -0.05) is 38.1 Å². The number of ether oxygens (including phenoxy) is 2. The van der Waals surface area contributed by atoms with Crippen LogP contribution < -0.4 is 4.74 Å². The second kappa shape index (κ2) is 6.24. The molecule has 0 spiro atoms. The van der Waals surface area contributed by atoms with Crippen LogP contribution in [0.1, 0.15) is 25.8 Å². The molecule has 18 heavy (non-hydrogen) atoms. The van der Waals surface area contributed by atoms with Crippen molar-refractivity contribution in [3.05, 3.63) is 35.9 Å². The van der Waals surface area contributed by atoms with Gasteiger partial charge in [0, 0.05) is 0 Å². The van der Waals surface area contributed by atoms with E-state index in [9.17, 15) is 4.79 Å². The Bertz CT molecular complexity index is 416. The second-order valence-electron chi connectivity index (χ2n) is 4.85. The smallest absolute Gasteiger partial charge is 0.306 e. The summed E-state index contributed by atoms with van der Waals surface area (Å²) >= 11 is 0. The number of methoxy groups -OCH3 is 2. The van der Waals surface area contributed by atoms with E-state index >= 15 is 0 Å². The Morgan fingerprint density at radius 3 is 2.33 bits per heavy atom. The summed E-state index contributed by atoms with van der Waals surface area (Å²) in [5.41, 5.74) is 0.862. The fraction of sp³-hybridized carbons (Fsp3) is 0.400. The van der Waals surface area contributed by atoms with Gasteiger partial charge >= 0.3 is 5.97 Å². The van der Waals surface area contributed by atoms with Crippen LogP contribution in [0.4, 0.5) is 0 Å². The fourth-order valence-electron chi connectivity index (χ4n) is 1.54. The van der Waals surface area contributed by atoms with Crippen LogP contribution in [0.15, 0.2) is 30.3 Å². The largest absolute Gasteiger partial charge is 0.497 e. The molecule has 0 aromatic heterocycles. The Balaban J connectivity index is 2.69. The monoisotopic (exact) mass is 248 g/mol. The first-order valence-corrected chi connectivity index (χ1v) is 5.87. The quantitative estimate of drug-likeness (QED) is 0.750. The van der Waals surface area contributed by atoms with Crippen molar-refractivity contribution >= 4 is 12.0 Å². The molecule has 0 atom stereocenters. The van der Waals surface area contributed by atoms with Crippen LogP contribution in [0.3, 0.4) is 0 Å². The normalized spacial score (nSPS) is 11.6. The highest BCUT2D eigenvalue weighted by Crippen LogP contribution is 2.24. The van der Waals surface area contributed by atoms with Crippen molar-refractivity contribution in [3.8, 4) is 5.75 Å². The van der Waals surface area contributed by atoms with Crippen molar-refractivity contribution in [3.63, 3.8) is 0 Å². The number of carbonyl (C=O) groups is 1. The molecule has 0 radical (unpaired) electrons. The number of benzene rings is 1. The van der Waals surface area contributed by atoms with Crippen LogP contribution in [-0.4, -0.2) is 20.2 Å². The molecule has 1 rings (SSSR count). The summed E-state index contributed by atoms with van der Waals surface area (Å²) in [6.07, 6.45) is 4.39. The summed E-state index contributed by atoms with van der Waals surface area (Å²) in [5.74, 6) is 0.639. The molecule has 98 valence electrons. The first-order chi connectivity index (χ1) is 8.46. The van der Waals surface area contributed by atoms with Gasteiger partial charge in [-0.3, -0.25) is 4.79 Å². The molecular formula is C15H20O3. The summed E-state index contributed by atoms with van der Waals surface area (Å²) in [4.78, 5) is 11.2. The lowest BCUT2D eigenvalue weighted by Gasteiger charge is -2.18. The minimum atomic E-state index is -0.215. The SMILES string of the molecule is COC(=O)CC(C)(C)/C=C/c1ccc(OC)cc1. The highest BCUT2D eigenvalue weighted by atomic mass is 16.5. The lowest BCUT2D eigenvalue weighted by Crippen LogP contribution is -2.15. The summed E-state index contributed by atoms with van der Waals surface area (Å²) in [5, 5.41) is 0. The van der Waals surface area contributed by atoms with Gasteiger partial charge in [-0.2, -0.15) is 0 Å². The summed E-state index contributed by atoms with van der Waals surface area (Å²) in [7, 11) is 3.05. The van der Waals surface area contributed by atoms with E-state index in [1.54, 1.807) is 7.11 Å². The Kier molecular flexibility index (Phi) is 4.95. The van der Waals surface area contributed by atoms with Crippen LogP contribution in [0.2, 0.25) is 0 Å². The van der Waals surface area contributed by atoms with Gasteiger partial charge in [-0.05, 0) is 23.1 Å². The average Bonchev–Trinajstić information content (AvgIpc) is 2.36. The maximum absolute atomic E-state index is 11.2. The van der Waals surface area contributed by atoms with Gasteiger partial charge in [0.1, 0.15) is 5.75 Å². The number of carbonyl (C=O) groups excluding carboxylic acids is 1. The van der Waals surface area contributed by atoms with Crippen LogP contribution >= 0.6 is 0 Å². The molecule has 0 aliphatic rings. The number of hydrogen-bond donors (Lipinski definition) is 0. The third-order valence-corrected chi connectivity index (χ3v) is 2.67. The molecule has 0 aliphatic heterocycles. The van der Waals surface area contributed by atoms with Gasteiger partial charge in [-0.15, -0.1) is 0 Å². The standard InChI is InChI=1S/C15H20O3/c1-15(2,11-14(16)18-4)10-9-12-5-7-13(17-3)8-6-12/h5-10H,11H2,1-4H3/b10-9+. The van der Waals surface area contributed by atoms with E-state index in [2.05, 4.69) is 4.74 Å². The topological polar surface area (TPSA) is 35.5 Å². The van der Waals surface area contributed by atoms with Crippen molar-refractivity contribution in [1.29, 1.82) is 0 Å². The number of rotatable bonds is 5. The van der Waals surface area contributed by atoms with E-state index in [4.69, 9.17) is 4.74 Å². The van der Waals surface area contributed by atoms with E-state index in [0.717, 1.165) is 11.3 Å². The van der Waals surface area contributed by atoms with E-state index in [1.807, 2.05) is 50.3 Å². The van der Waals surface area contributed by atoms with Crippen molar-refractivity contribution < 1.29 is 14.3 Å². The number of allylic oxidation sites excluding steroid dienone is 1. The number of esters is 1. The van der Waals surface area contributed by atoms with Crippen LogP contribution in [-0.2, 0) is 9.53 Å². The molecule has 1 aromatic carbocycles. The average molecular weight is 248 g/mol. The summed E-state index contributed by atoms with van der Waals surface area (Å²) < 4.78 is 9.78. The Labute approximate surface area is 108 Å². The van der Waals surface area contributed by atoms with E-state index in [-0.39, 0.29) is 11.4 Å². The highest BCUT2D eigenvalue weighted by molar-refractivity contribution is 5.70. The van der Waals surface area contributed by atoms with Gasteiger partial charge in [0.15, 0.2) is 0 Å². The molecule has 3 heteroatoms. The zero-order chi connectivity index (χ0) is 13.6. The van der Waals surface area contributed by atoms with Gasteiger partial charge < -0.3 is 9.47 Å². The maximum Gasteiger partial charge on any atom is 0.306 e. The molecule has 0 fully saturated rings. The molecule has 0 bridgehead atoms. The fourth-order valence-corrected chi connectivity index (χ4v) is 1.54. The first kappa shape index (κ1) is 14.3.